The minimum Gasteiger partial charge on any atom is -0.337 e. The molecule has 0 aliphatic carbocycles. The van der Waals surface area contributed by atoms with E-state index in [1.165, 1.54) is 42.5 Å². The molecule has 1 N–H and O–H groups in total. The third-order valence-corrected chi connectivity index (χ3v) is 7.38. The van der Waals surface area contributed by atoms with E-state index in [0.717, 1.165) is 10.4 Å². The highest BCUT2D eigenvalue weighted by Gasteiger charge is 2.27. The highest BCUT2D eigenvalue weighted by atomic mass is 35.5. The van der Waals surface area contributed by atoms with E-state index in [4.69, 9.17) is 11.6 Å². The molecule has 0 unspecified atom stereocenters. The Bertz CT molecular complexity index is 1090. The van der Waals surface area contributed by atoms with Gasteiger partial charge in [0.25, 0.3) is 0 Å². The number of sulfone groups is 1. The highest BCUT2D eigenvalue weighted by Crippen LogP contribution is 2.36. The standard InChI is InChI=1S/C18H16ClN3O4S2/c1-11(23)22-7-6-14-15(8-20)18(27-16(14)9-22)21-17(24)10-28(25,26)13-4-2-12(19)3-5-13/h2-5H,6-7,9-10H2,1H3,(H,21,24). The molecule has 7 nitrogen and oxygen atoms in total. The van der Waals surface area contributed by atoms with Crippen LogP contribution < -0.4 is 5.32 Å². The molecule has 1 aliphatic rings. The number of carbonyl (C=O) groups is 2. The summed E-state index contributed by atoms with van der Waals surface area (Å²) in [5.41, 5.74) is 1.14. The molecule has 2 heterocycles. The lowest BCUT2D eigenvalue weighted by Crippen LogP contribution is -2.33. The Morgan fingerprint density at radius 3 is 2.61 bits per heavy atom. The van der Waals surface area contributed by atoms with Crippen molar-refractivity contribution in [2.75, 3.05) is 17.6 Å². The predicted octanol–water partition coefficient (Wildman–Crippen LogP) is 2.59. The first kappa shape index (κ1) is 20.3. The first-order valence-corrected chi connectivity index (χ1v) is 11.1. The van der Waals surface area contributed by atoms with Crippen molar-refractivity contribution in [1.82, 2.24) is 4.90 Å². The second-order valence-corrected chi connectivity index (χ2v) is 9.80. The normalized spacial score (nSPS) is 13.5. The van der Waals surface area contributed by atoms with E-state index >= 15 is 0 Å². The molecule has 1 aliphatic heterocycles. The number of benzene rings is 1. The Morgan fingerprint density at radius 1 is 1.32 bits per heavy atom. The van der Waals surface area contributed by atoms with Gasteiger partial charge in [-0.1, -0.05) is 11.6 Å². The number of thiophene rings is 1. The van der Waals surface area contributed by atoms with E-state index in [9.17, 15) is 23.3 Å². The molecule has 0 saturated carbocycles. The van der Waals surface area contributed by atoms with Crippen LogP contribution in [0.4, 0.5) is 5.00 Å². The van der Waals surface area contributed by atoms with Crippen LogP contribution in [0, 0.1) is 11.3 Å². The Balaban J connectivity index is 1.78. The fourth-order valence-corrected chi connectivity index (χ4v) is 5.43. The average Bonchev–Trinajstić information content (AvgIpc) is 2.97. The van der Waals surface area contributed by atoms with Gasteiger partial charge in [-0.15, -0.1) is 11.3 Å². The van der Waals surface area contributed by atoms with Crippen LogP contribution in [0.5, 0.6) is 0 Å². The van der Waals surface area contributed by atoms with Crippen LogP contribution in [0.1, 0.15) is 22.9 Å². The number of hydrogen-bond acceptors (Lipinski definition) is 6. The number of carbonyl (C=O) groups excluding carboxylic acids is 2. The third kappa shape index (κ3) is 4.19. The van der Waals surface area contributed by atoms with Gasteiger partial charge in [0.05, 0.1) is 17.0 Å². The number of amides is 2. The number of fused-ring (bicyclic) bond motifs is 1. The number of nitrogens with zero attached hydrogens (tertiary/aromatic N) is 2. The molecule has 2 aromatic rings. The number of nitrogens with one attached hydrogen (secondary N) is 1. The van der Waals surface area contributed by atoms with Gasteiger partial charge in [0, 0.05) is 23.4 Å². The monoisotopic (exact) mass is 437 g/mol. The molecule has 1 aromatic heterocycles. The number of anilines is 1. The molecule has 0 fully saturated rings. The van der Waals surface area contributed by atoms with Crippen molar-refractivity contribution >= 4 is 49.6 Å². The van der Waals surface area contributed by atoms with Crippen molar-refractivity contribution in [3.63, 3.8) is 0 Å². The van der Waals surface area contributed by atoms with Gasteiger partial charge in [0.15, 0.2) is 9.84 Å². The fraction of sp³-hybridized carbons (Fsp3) is 0.278. The lowest BCUT2D eigenvalue weighted by molar-refractivity contribution is -0.129. The summed E-state index contributed by atoms with van der Waals surface area (Å²) in [7, 11) is -3.84. The van der Waals surface area contributed by atoms with E-state index in [1.54, 1.807) is 4.90 Å². The van der Waals surface area contributed by atoms with Crippen molar-refractivity contribution in [3.05, 3.63) is 45.3 Å². The molecule has 2 amide bonds. The number of hydrogen-bond donors (Lipinski definition) is 1. The van der Waals surface area contributed by atoms with Gasteiger partial charge in [0.1, 0.15) is 16.8 Å². The Kier molecular flexibility index (Phi) is 5.74. The molecule has 0 saturated heterocycles. The van der Waals surface area contributed by atoms with Crippen LogP contribution >= 0.6 is 22.9 Å². The summed E-state index contributed by atoms with van der Waals surface area (Å²) in [4.78, 5) is 26.4. The lowest BCUT2D eigenvalue weighted by atomic mass is 10.0. The third-order valence-electron chi connectivity index (χ3n) is 4.36. The Labute approximate surface area is 171 Å². The number of rotatable bonds is 4. The van der Waals surface area contributed by atoms with E-state index in [2.05, 4.69) is 11.4 Å². The van der Waals surface area contributed by atoms with Gasteiger partial charge in [-0.05, 0) is 36.2 Å². The van der Waals surface area contributed by atoms with Crippen LogP contribution in [-0.4, -0.2) is 37.4 Å². The van der Waals surface area contributed by atoms with E-state index < -0.39 is 21.5 Å². The first-order valence-electron chi connectivity index (χ1n) is 8.29. The van der Waals surface area contributed by atoms with Crippen molar-refractivity contribution in [2.24, 2.45) is 0 Å². The average molecular weight is 438 g/mol. The zero-order valence-electron chi connectivity index (χ0n) is 14.9. The van der Waals surface area contributed by atoms with Gasteiger partial charge in [-0.3, -0.25) is 9.59 Å². The maximum atomic E-state index is 12.4. The quantitative estimate of drug-likeness (QED) is 0.790. The molecule has 146 valence electrons. The molecule has 1 aromatic carbocycles. The molecule has 3 rings (SSSR count). The van der Waals surface area contributed by atoms with Crippen LogP contribution in [-0.2, 0) is 32.4 Å². The van der Waals surface area contributed by atoms with Crippen LogP contribution in [0.2, 0.25) is 5.02 Å². The SMILES string of the molecule is CC(=O)N1CCc2c(sc(NC(=O)CS(=O)(=O)c3ccc(Cl)cc3)c2C#N)C1. The Hall–Kier alpha value is -2.41. The zero-order valence-corrected chi connectivity index (χ0v) is 17.2. The van der Waals surface area contributed by atoms with Gasteiger partial charge >= 0.3 is 0 Å². The first-order chi connectivity index (χ1) is 13.2. The largest absolute Gasteiger partial charge is 0.337 e. The summed E-state index contributed by atoms with van der Waals surface area (Å²) >= 11 is 6.96. The van der Waals surface area contributed by atoms with Gasteiger partial charge in [-0.25, -0.2) is 8.42 Å². The maximum absolute atomic E-state index is 12.4. The molecule has 0 radical (unpaired) electrons. The van der Waals surface area contributed by atoms with Crippen molar-refractivity contribution < 1.29 is 18.0 Å². The summed E-state index contributed by atoms with van der Waals surface area (Å²) in [5.74, 6) is -1.53. The molecule has 0 bridgehead atoms. The van der Waals surface area contributed by atoms with Crippen LogP contribution in [0.25, 0.3) is 0 Å². The lowest BCUT2D eigenvalue weighted by Gasteiger charge is -2.25. The molecule has 0 spiro atoms. The summed E-state index contributed by atoms with van der Waals surface area (Å²) < 4.78 is 24.8. The molecule has 28 heavy (non-hydrogen) atoms. The second-order valence-electron chi connectivity index (χ2n) is 6.27. The smallest absolute Gasteiger partial charge is 0.240 e. The fourth-order valence-electron chi connectivity index (χ4n) is 2.94. The van der Waals surface area contributed by atoms with Gasteiger partial charge in [0.2, 0.25) is 11.8 Å². The van der Waals surface area contributed by atoms with E-state index in [1.807, 2.05) is 0 Å². The Morgan fingerprint density at radius 2 is 2.00 bits per heavy atom. The van der Waals surface area contributed by atoms with Crippen molar-refractivity contribution in [3.8, 4) is 6.07 Å². The van der Waals surface area contributed by atoms with Crippen molar-refractivity contribution in [1.29, 1.82) is 5.26 Å². The minimum atomic E-state index is -3.84. The molecular formula is C18H16ClN3O4S2. The van der Waals surface area contributed by atoms with Crippen LogP contribution in [0.15, 0.2) is 29.2 Å². The molecular weight excluding hydrogens is 422 g/mol. The zero-order chi connectivity index (χ0) is 20.5. The summed E-state index contributed by atoms with van der Waals surface area (Å²) in [5, 5.41) is 12.7. The predicted molar refractivity (Wildman–Crippen MR) is 106 cm³/mol. The minimum absolute atomic E-state index is 0.00451. The highest BCUT2D eigenvalue weighted by molar-refractivity contribution is 7.92. The molecule has 0 atom stereocenters. The number of nitriles is 1. The van der Waals surface area contributed by atoms with E-state index in [-0.39, 0.29) is 10.8 Å². The number of halogens is 1. The van der Waals surface area contributed by atoms with Gasteiger partial charge in [-0.2, -0.15) is 5.26 Å². The van der Waals surface area contributed by atoms with Crippen molar-refractivity contribution in [2.45, 2.75) is 24.8 Å². The molecule has 10 heteroatoms. The maximum Gasteiger partial charge on any atom is 0.240 e. The van der Waals surface area contributed by atoms with Gasteiger partial charge < -0.3 is 10.2 Å². The van der Waals surface area contributed by atoms with Crippen LogP contribution in [0.3, 0.4) is 0 Å². The summed E-state index contributed by atoms with van der Waals surface area (Å²) in [6.45, 7) is 2.36. The summed E-state index contributed by atoms with van der Waals surface area (Å²) in [6.07, 6.45) is 0.521. The summed E-state index contributed by atoms with van der Waals surface area (Å²) in [6, 6.07) is 7.64. The second kappa shape index (κ2) is 7.91. The van der Waals surface area contributed by atoms with E-state index in [0.29, 0.717) is 35.1 Å². The topological polar surface area (TPSA) is 107 Å².